The second-order valence-corrected chi connectivity index (χ2v) is 9.67. The number of para-hydroxylation sites is 1. The van der Waals surface area contributed by atoms with Gasteiger partial charge in [0.05, 0.1) is 10.5 Å². The smallest absolute Gasteiger partial charge is 0.270 e. The second kappa shape index (κ2) is 10.9. The standard InChI is InChI=1S/C32H30N2O4/c1-2-23-13-6-9-18-29(35)31(30(23)24-14-10-15-25(19-24)34(37)38)32(36)27-21-33(20-22-11-4-3-5-12-22)28-17-8-7-16-26(27)28/h3-5,7-8,10-12,14-17,19,21,36H,2,6,9,13,18,20H2,1H3. The van der Waals surface area contributed by atoms with E-state index >= 15 is 0 Å². The minimum Gasteiger partial charge on any atom is -0.506 e. The minimum atomic E-state index is -0.430. The molecule has 38 heavy (non-hydrogen) atoms. The molecule has 1 heterocycles. The molecule has 3 aromatic carbocycles. The number of carbonyl (C=O) groups is 1. The van der Waals surface area contributed by atoms with Gasteiger partial charge in [0.1, 0.15) is 5.76 Å². The Kier molecular flexibility index (Phi) is 7.22. The fraction of sp³-hybridized carbons (Fsp3) is 0.219. The number of nitro benzene ring substituents is 1. The Labute approximate surface area is 221 Å². The third-order valence-corrected chi connectivity index (χ3v) is 7.26. The van der Waals surface area contributed by atoms with Gasteiger partial charge in [0, 0.05) is 47.8 Å². The highest BCUT2D eigenvalue weighted by Gasteiger charge is 2.28. The summed E-state index contributed by atoms with van der Waals surface area (Å²) in [6.45, 7) is 2.64. The molecule has 4 aromatic rings. The highest BCUT2D eigenvalue weighted by molar-refractivity contribution is 6.17. The molecule has 0 spiro atoms. The van der Waals surface area contributed by atoms with E-state index in [1.54, 1.807) is 12.1 Å². The van der Waals surface area contributed by atoms with Gasteiger partial charge in [0.25, 0.3) is 5.69 Å². The maximum Gasteiger partial charge on any atom is 0.270 e. The third kappa shape index (κ3) is 4.90. The summed E-state index contributed by atoms with van der Waals surface area (Å²) in [5.41, 5.74) is 5.10. The normalized spacial score (nSPS) is 15.9. The van der Waals surface area contributed by atoms with Crippen molar-refractivity contribution in [1.82, 2.24) is 4.57 Å². The Morgan fingerprint density at radius 3 is 2.47 bits per heavy atom. The molecule has 0 saturated carbocycles. The number of allylic oxidation sites excluding steroid dienone is 3. The molecular weight excluding hydrogens is 476 g/mol. The Morgan fingerprint density at radius 1 is 0.974 bits per heavy atom. The lowest BCUT2D eigenvalue weighted by Gasteiger charge is -2.21. The molecule has 0 fully saturated rings. The fourth-order valence-electron chi connectivity index (χ4n) is 5.40. The Morgan fingerprint density at radius 2 is 1.71 bits per heavy atom. The number of ketones is 1. The fourth-order valence-corrected chi connectivity index (χ4v) is 5.40. The summed E-state index contributed by atoms with van der Waals surface area (Å²) < 4.78 is 2.08. The third-order valence-electron chi connectivity index (χ3n) is 7.26. The van der Waals surface area contributed by atoms with E-state index in [-0.39, 0.29) is 22.8 Å². The van der Waals surface area contributed by atoms with E-state index in [2.05, 4.69) is 16.7 Å². The number of nitro groups is 1. The zero-order valence-corrected chi connectivity index (χ0v) is 21.4. The molecular formula is C32H30N2O4. The first-order valence-corrected chi connectivity index (χ1v) is 13.0. The van der Waals surface area contributed by atoms with Gasteiger partial charge < -0.3 is 9.67 Å². The Hall–Kier alpha value is -4.45. The van der Waals surface area contributed by atoms with Gasteiger partial charge in [-0.05, 0) is 48.4 Å². The number of nitrogens with zero attached hydrogens (tertiary/aromatic N) is 2. The lowest BCUT2D eigenvalue weighted by atomic mass is 9.82. The molecule has 0 atom stereocenters. The van der Waals surface area contributed by atoms with Crippen LogP contribution >= 0.6 is 0 Å². The average molecular weight is 507 g/mol. The molecule has 0 bridgehead atoms. The minimum absolute atomic E-state index is 0.0433. The predicted molar refractivity (Wildman–Crippen MR) is 151 cm³/mol. The predicted octanol–water partition coefficient (Wildman–Crippen LogP) is 7.87. The van der Waals surface area contributed by atoms with Crippen molar-refractivity contribution in [2.45, 2.75) is 45.6 Å². The summed E-state index contributed by atoms with van der Waals surface area (Å²) in [4.78, 5) is 24.8. The summed E-state index contributed by atoms with van der Waals surface area (Å²) in [6.07, 6.45) is 5.27. The van der Waals surface area contributed by atoms with Crippen LogP contribution in [0.15, 0.2) is 96.2 Å². The SMILES string of the molecule is CCC1=C(c2cccc([N+](=O)[O-])c2)C(=C(O)c2cn(Cc3ccccc3)c3ccccc23)C(=O)CCCC1. The van der Waals surface area contributed by atoms with E-state index in [1.165, 1.54) is 12.1 Å². The summed E-state index contributed by atoms with van der Waals surface area (Å²) in [5.74, 6) is -0.220. The van der Waals surface area contributed by atoms with E-state index in [1.807, 2.05) is 55.6 Å². The number of hydrogen-bond donors (Lipinski definition) is 1. The molecule has 0 unspecified atom stereocenters. The summed E-state index contributed by atoms with van der Waals surface area (Å²) >= 11 is 0. The van der Waals surface area contributed by atoms with Crippen LogP contribution in [0.1, 0.15) is 55.7 Å². The quantitative estimate of drug-likeness (QED) is 0.125. The molecule has 6 nitrogen and oxygen atoms in total. The second-order valence-electron chi connectivity index (χ2n) is 9.67. The molecule has 0 radical (unpaired) electrons. The topological polar surface area (TPSA) is 85.4 Å². The average Bonchev–Trinajstić information content (AvgIpc) is 3.29. The molecule has 1 aliphatic carbocycles. The lowest BCUT2D eigenvalue weighted by molar-refractivity contribution is -0.384. The Balaban J connectivity index is 1.76. The number of aromatic nitrogens is 1. The summed E-state index contributed by atoms with van der Waals surface area (Å²) in [6, 6.07) is 24.3. The van der Waals surface area contributed by atoms with Crippen LogP contribution in [0.2, 0.25) is 0 Å². The molecule has 1 aromatic heterocycles. The maximum atomic E-state index is 13.7. The van der Waals surface area contributed by atoms with Crippen molar-refractivity contribution >= 4 is 33.7 Å². The van der Waals surface area contributed by atoms with Crippen LogP contribution in [0.25, 0.3) is 22.2 Å². The van der Waals surface area contributed by atoms with Gasteiger partial charge in [-0.15, -0.1) is 0 Å². The monoisotopic (exact) mass is 506 g/mol. The van der Waals surface area contributed by atoms with E-state index < -0.39 is 4.92 Å². The number of Topliss-reactive ketones (excluding diaryl/α,β-unsaturated/α-hetero) is 1. The van der Waals surface area contributed by atoms with Crippen molar-refractivity contribution in [2.24, 2.45) is 0 Å². The van der Waals surface area contributed by atoms with E-state index in [0.717, 1.165) is 41.3 Å². The van der Waals surface area contributed by atoms with Crippen molar-refractivity contribution in [3.63, 3.8) is 0 Å². The van der Waals surface area contributed by atoms with Gasteiger partial charge in [-0.2, -0.15) is 0 Å². The van der Waals surface area contributed by atoms with Gasteiger partial charge >= 0.3 is 0 Å². The first-order chi connectivity index (χ1) is 18.5. The van der Waals surface area contributed by atoms with Crippen molar-refractivity contribution in [3.8, 4) is 0 Å². The van der Waals surface area contributed by atoms with Gasteiger partial charge in [-0.3, -0.25) is 14.9 Å². The first-order valence-electron chi connectivity index (χ1n) is 13.0. The first kappa shape index (κ1) is 25.2. The van der Waals surface area contributed by atoms with Gasteiger partial charge in [-0.1, -0.05) is 73.2 Å². The highest BCUT2D eigenvalue weighted by atomic mass is 16.6. The van der Waals surface area contributed by atoms with E-state index in [9.17, 15) is 20.0 Å². The van der Waals surface area contributed by atoms with Gasteiger partial charge in [0.15, 0.2) is 5.78 Å². The maximum absolute atomic E-state index is 13.7. The molecule has 0 saturated heterocycles. The molecule has 5 rings (SSSR count). The lowest BCUT2D eigenvalue weighted by Crippen LogP contribution is -2.12. The van der Waals surface area contributed by atoms with Crippen LogP contribution in [0, 0.1) is 10.1 Å². The van der Waals surface area contributed by atoms with Crippen LogP contribution in [0.3, 0.4) is 0 Å². The summed E-state index contributed by atoms with van der Waals surface area (Å²) in [5, 5.41) is 24.3. The number of rotatable bonds is 6. The van der Waals surface area contributed by atoms with Crippen molar-refractivity contribution in [2.75, 3.05) is 0 Å². The number of non-ortho nitro benzene ring substituents is 1. The number of aliphatic hydroxyl groups excluding tert-OH is 1. The van der Waals surface area contributed by atoms with Crippen LogP contribution in [-0.2, 0) is 11.3 Å². The zero-order valence-electron chi connectivity index (χ0n) is 21.4. The molecule has 1 aliphatic rings. The number of fused-ring (bicyclic) bond motifs is 1. The van der Waals surface area contributed by atoms with E-state index in [4.69, 9.17) is 0 Å². The van der Waals surface area contributed by atoms with Crippen molar-refractivity contribution in [3.05, 3.63) is 123 Å². The van der Waals surface area contributed by atoms with Crippen LogP contribution < -0.4 is 0 Å². The zero-order chi connectivity index (χ0) is 26.6. The van der Waals surface area contributed by atoms with Crippen LogP contribution in [-0.4, -0.2) is 20.4 Å². The van der Waals surface area contributed by atoms with Gasteiger partial charge in [0.2, 0.25) is 0 Å². The van der Waals surface area contributed by atoms with Crippen LogP contribution in [0.4, 0.5) is 5.69 Å². The number of carbonyl (C=O) groups excluding carboxylic acids is 1. The highest BCUT2D eigenvalue weighted by Crippen LogP contribution is 2.40. The molecule has 6 heteroatoms. The number of benzene rings is 3. The van der Waals surface area contributed by atoms with E-state index in [0.29, 0.717) is 36.1 Å². The van der Waals surface area contributed by atoms with Gasteiger partial charge in [-0.25, -0.2) is 0 Å². The van der Waals surface area contributed by atoms with Crippen LogP contribution in [0.5, 0.6) is 0 Å². The molecule has 0 amide bonds. The largest absolute Gasteiger partial charge is 0.506 e. The molecule has 192 valence electrons. The molecule has 0 aliphatic heterocycles. The van der Waals surface area contributed by atoms with Crippen molar-refractivity contribution < 1.29 is 14.8 Å². The number of aliphatic hydroxyl groups is 1. The summed E-state index contributed by atoms with van der Waals surface area (Å²) in [7, 11) is 0. The Bertz CT molecular complexity index is 1580. The van der Waals surface area contributed by atoms with Crippen molar-refractivity contribution in [1.29, 1.82) is 0 Å². The molecule has 1 N–H and O–H groups in total. The number of hydrogen-bond acceptors (Lipinski definition) is 4.